The predicted octanol–water partition coefficient (Wildman–Crippen LogP) is 0.507. The number of fused-ring (bicyclic) bond motifs is 1. The number of aliphatic carboxylic acids is 1. The summed E-state index contributed by atoms with van der Waals surface area (Å²) in [7, 11) is 0. The summed E-state index contributed by atoms with van der Waals surface area (Å²) in [4.78, 5) is 42.8. The number of allylic oxidation sites excluding steroid dienone is 1. The van der Waals surface area contributed by atoms with E-state index in [-0.39, 0.29) is 26.7 Å². The first-order chi connectivity index (χ1) is 15.7. The molecular formula is C17H15ClN8O5S2. The summed E-state index contributed by atoms with van der Waals surface area (Å²) >= 11 is 7.94. The van der Waals surface area contributed by atoms with Crippen molar-refractivity contribution in [2.24, 2.45) is 5.16 Å². The first kappa shape index (κ1) is 22.8. The van der Waals surface area contributed by atoms with Crippen molar-refractivity contribution in [2.75, 3.05) is 11.5 Å². The van der Waals surface area contributed by atoms with E-state index >= 15 is 0 Å². The quantitative estimate of drug-likeness (QED) is 0.156. The van der Waals surface area contributed by atoms with Gasteiger partial charge in [0, 0.05) is 4.91 Å². The number of amides is 2. The molecule has 1 saturated heterocycles. The smallest absolute Gasteiger partial charge is 0.353 e. The fraction of sp³-hybridized carbons (Fsp3) is 0.235. The summed E-state index contributed by atoms with van der Waals surface area (Å²) in [5, 5.41) is 32.6. The van der Waals surface area contributed by atoms with E-state index in [9.17, 15) is 24.7 Å². The van der Waals surface area contributed by atoms with Crippen LogP contribution < -0.4 is 16.8 Å². The highest BCUT2D eigenvalue weighted by molar-refractivity contribution is 8.03. The van der Waals surface area contributed by atoms with Gasteiger partial charge in [0.2, 0.25) is 0 Å². The summed E-state index contributed by atoms with van der Waals surface area (Å²) < 4.78 is 0.0400. The maximum atomic E-state index is 12.8. The van der Waals surface area contributed by atoms with Crippen LogP contribution in [-0.2, 0) is 14.4 Å². The van der Waals surface area contributed by atoms with Crippen LogP contribution in [0.3, 0.4) is 0 Å². The second kappa shape index (κ2) is 8.84. The Morgan fingerprint density at radius 3 is 2.67 bits per heavy atom. The van der Waals surface area contributed by atoms with Crippen LogP contribution in [0.2, 0.25) is 4.34 Å². The van der Waals surface area contributed by atoms with E-state index in [1.165, 1.54) is 6.07 Å². The lowest BCUT2D eigenvalue weighted by atomic mass is 9.86. The molecule has 2 unspecified atom stereocenters. The molecule has 0 aromatic carbocycles. The molecule has 33 heavy (non-hydrogen) atoms. The summed E-state index contributed by atoms with van der Waals surface area (Å²) in [5.74, 6) is -2.58. The molecule has 0 aliphatic carbocycles. The number of anilines is 2. The number of aromatic nitrogens is 3. The van der Waals surface area contributed by atoms with Crippen LogP contribution in [0.1, 0.15) is 18.5 Å². The van der Waals surface area contributed by atoms with Gasteiger partial charge >= 0.3 is 5.97 Å². The average Bonchev–Trinajstić information content (AvgIpc) is 3.11. The maximum absolute atomic E-state index is 12.8. The molecular weight excluding hydrogens is 496 g/mol. The van der Waals surface area contributed by atoms with Gasteiger partial charge in [0.25, 0.3) is 11.8 Å². The van der Waals surface area contributed by atoms with Gasteiger partial charge in [-0.2, -0.15) is 0 Å². The molecule has 2 aromatic heterocycles. The third-order valence-electron chi connectivity index (χ3n) is 4.91. The number of carboxylic acid groups (broad SMARTS) is 1. The molecule has 0 spiro atoms. The van der Waals surface area contributed by atoms with E-state index in [1.807, 2.05) is 0 Å². The summed E-state index contributed by atoms with van der Waals surface area (Å²) in [5.41, 5.74) is 10.3. The zero-order chi connectivity index (χ0) is 23.9. The Bertz CT molecular complexity index is 1210. The Hall–Kier alpha value is -3.43. The first-order valence-corrected chi connectivity index (χ1v) is 11.2. The van der Waals surface area contributed by atoms with Gasteiger partial charge in [0.05, 0.1) is 6.04 Å². The lowest BCUT2D eigenvalue weighted by Crippen LogP contribution is -2.72. The molecule has 4 heterocycles. The van der Waals surface area contributed by atoms with E-state index in [2.05, 4.69) is 25.7 Å². The van der Waals surface area contributed by atoms with Crippen LogP contribution in [0, 0.1) is 0 Å². The van der Waals surface area contributed by atoms with Crippen LogP contribution in [0.4, 0.5) is 10.9 Å². The van der Waals surface area contributed by atoms with Gasteiger partial charge in [-0.15, -0.1) is 10.2 Å². The molecule has 2 aliphatic rings. The zero-order valence-electron chi connectivity index (χ0n) is 16.4. The second-order valence-electron chi connectivity index (χ2n) is 6.86. The van der Waals surface area contributed by atoms with Crippen molar-refractivity contribution < 1.29 is 24.7 Å². The predicted molar refractivity (Wildman–Crippen MR) is 119 cm³/mol. The fourth-order valence-corrected chi connectivity index (χ4v) is 5.41. The second-order valence-corrected chi connectivity index (χ2v) is 9.61. The number of halogens is 1. The molecule has 7 N–H and O–H groups in total. The normalized spacial score (nSPS) is 20.3. The fourth-order valence-electron chi connectivity index (χ4n) is 3.51. The number of hydrogen-bond acceptors (Lipinski definition) is 12. The summed E-state index contributed by atoms with van der Waals surface area (Å²) in [6, 6.07) is 1.52. The van der Waals surface area contributed by atoms with Crippen LogP contribution >= 0.6 is 34.7 Å². The van der Waals surface area contributed by atoms with Gasteiger partial charge in [0.1, 0.15) is 32.6 Å². The van der Waals surface area contributed by atoms with Crippen molar-refractivity contribution >= 4 is 69.1 Å². The van der Waals surface area contributed by atoms with Crippen LogP contribution in [0.5, 0.6) is 0 Å². The Labute approximate surface area is 198 Å². The number of carbonyl (C=O) groups excluding carboxylic acids is 2. The Kier molecular flexibility index (Phi) is 6.09. The van der Waals surface area contributed by atoms with Crippen LogP contribution in [0.15, 0.2) is 32.9 Å². The monoisotopic (exact) mass is 510 g/mol. The van der Waals surface area contributed by atoms with E-state index in [0.29, 0.717) is 22.8 Å². The van der Waals surface area contributed by atoms with Crippen molar-refractivity contribution in [1.29, 1.82) is 0 Å². The van der Waals surface area contributed by atoms with Crippen molar-refractivity contribution in [1.82, 2.24) is 25.4 Å². The summed E-state index contributed by atoms with van der Waals surface area (Å²) in [6.45, 7) is 0. The topological polar surface area (TPSA) is 210 Å². The van der Waals surface area contributed by atoms with Crippen molar-refractivity contribution in [2.45, 2.75) is 30.0 Å². The molecule has 2 atom stereocenters. The number of rotatable bonds is 6. The molecule has 2 amide bonds. The largest absolute Gasteiger partial charge is 0.477 e. The minimum Gasteiger partial charge on any atom is -0.477 e. The van der Waals surface area contributed by atoms with Gasteiger partial charge in [-0.3, -0.25) is 14.5 Å². The molecule has 0 bridgehead atoms. The third-order valence-corrected chi connectivity index (χ3v) is 7.07. The number of thiazole rings is 1. The van der Waals surface area contributed by atoms with Gasteiger partial charge in [-0.1, -0.05) is 39.9 Å². The van der Waals surface area contributed by atoms with E-state index in [4.69, 9.17) is 23.1 Å². The van der Waals surface area contributed by atoms with Crippen LogP contribution in [-0.4, -0.2) is 66.0 Å². The molecule has 4 rings (SSSR count). The van der Waals surface area contributed by atoms with Crippen molar-refractivity contribution in [3.8, 4) is 0 Å². The minimum absolute atomic E-state index is 0.0400. The molecule has 0 radical (unpaired) electrons. The number of hydrogen-bond donors (Lipinski definition) is 5. The third kappa shape index (κ3) is 4.17. The summed E-state index contributed by atoms with van der Waals surface area (Å²) in [6.07, 6.45) is 0.711. The molecule has 1 fully saturated rings. The highest BCUT2D eigenvalue weighted by Crippen LogP contribution is 2.42. The average molecular weight is 511 g/mol. The van der Waals surface area contributed by atoms with Crippen molar-refractivity contribution in [3.63, 3.8) is 0 Å². The number of carbonyl (C=O) groups is 3. The number of nitrogen functional groups attached to an aromatic ring is 2. The number of carboxylic acids is 1. The SMILES string of the molecule is Nc1ccc(SC2=C(C(=O)O)N3C(=O)C(NC(=O)/C(=N\O)c4nc(N)sc4Cl)C3CC2)nn1. The molecule has 16 heteroatoms. The zero-order valence-corrected chi connectivity index (χ0v) is 18.8. The lowest BCUT2D eigenvalue weighted by Gasteiger charge is -2.50. The Morgan fingerprint density at radius 1 is 1.33 bits per heavy atom. The lowest BCUT2D eigenvalue weighted by molar-refractivity contribution is -0.155. The molecule has 0 saturated carbocycles. The van der Waals surface area contributed by atoms with Gasteiger partial charge in [0.15, 0.2) is 10.8 Å². The number of thioether (sulfide) groups is 1. The van der Waals surface area contributed by atoms with Gasteiger partial charge in [-0.05, 0) is 25.0 Å². The molecule has 172 valence electrons. The number of β-lactam (4-membered cyclic amide) rings is 1. The standard InChI is InChI=1S/C17H15ClN8O5S2/c18-13-10(22-17(20)33-13)11(25-31)14(27)21-9-5-1-2-6(12(16(29)30)26(5)15(9)28)32-8-4-3-7(19)23-24-8/h3-5,9,31H,1-2H2,(H2,19,23)(H2,20,22)(H,21,27)(H,29,30)/b25-11-. The first-order valence-electron chi connectivity index (χ1n) is 9.23. The minimum atomic E-state index is -1.29. The van der Waals surface area contributed by atoms with Gasteiger partial charge < -0.3 is 27.1 Å². The van der Waals surface area contributed by atoms with Crippen molar-refractivity contribution in [3.05, 3.63) is 32.8 Å². The Balaban J connectivity index is 1.53. The van der Waals surface area contributed by atoms with E-state index in [1.54, 1.807) is 6.07 Å². The highest BCUT2D eigenvalue weighted by Gasteiger charge is 2.54. The molecule has 2 aliphatic heterocycles. The van der Waals surface area contributed by atoms with Gasteiger partial charge in [-0.25, -0.2) is 9.78 Å². The molecule has 2 aromatic rings. The maximum Gasteiger partial charge on any atom is 0.353 e. The highest BCUT2D eigenvalue weighted by atomic mass is 35.5. The Morgan fingerprint density at radius 2 is 2.09 bits per heavy atom. The van der Waals surface area contributed by atoms with E-state index < -0.39 is 35.6 Å². The number of nitrogens with zero attached hydrogens (tertiary/aromatic N) is 5. The molecule has 13 nitrogen and oxygen atoms in total. The van der Waals surface area contributed by atoms with E-state index in [0.717, 1.165) is 28.0 Å². The van der Waals surface area contributed by atoms with Crippen LogP contribution in [0.25, 0.3) is 0 Å². The number of nitrogens with one attached hydrogen (secondary N) is 1. The number of nitrogens with two attached hydrogens (primary N) is 2. The number of oxime groups is 1.